The molecule has 2 aromatic rings. The quantitative estimate of drug-likeness (QED) is 0.403. The van der Waals surface area contributed by atoms with Gasteiger partial charge in [-0.2, -0.15) is 4.98 Å². The number of benzene rings is 1. The van der Waals surface area contributed by atoms with Crippen molar-refractivity contribution in [3.8, 4) is 0 Å². The molecule has 9 nitrogen and oxygen atoms in total. The summed E-state index contributed by atoms with van der Waals surface area (Å²) in [6.07, 6.45) is 1.61. The van der Waals surface area contributed by atoms with Crippen molar-refractivity contribution in [3.05, 3.63) is 34.9 Å². The van der Waals surface area contributed by atoms with Gasteiger partial charge >= 0.3 is 0 Å². The molecule has 0 aliphatic heterocycles. The molecule has 0 amide bonds. The van der Waals surface area contributed by atoms with Crippen molar-refractivity contribution in [2.45, 2.75) is 51.2 Å². The molecular formula is C18H25BrN6O3S. The Morgan fingerprint density at radius 1 is 1.28 bits per heavy atom. The highest BCUT2D eigenvalue weighted by atomic mass is 79.9. The molecule has 1 unspecified atom stereocenters. The number of nitrogens with one attached hydrogen (secondary N) is 2. The van der Waals surface area contributed by atoms with Crippen LogP contribution < -0.4 is 15.8 Å². The van der Waals surface area contributed by atoms with Gasteiger partial charge in [-0.25, -0.2) is 18.5 Å². The number of rotatable bonds is 7. The SMILES string of the molecule is CC(=NOC(C)(C)C)C(C)Nc1nc(Nc2ccc(S(N)(=O)=O)cc2)ncc1Br. The van der Waals surface area contributed by atoms with Crippen LogP contribution in [0, 0.1) is 0 Å². The first-order valence-electron chi connectivity index (χ1n) is 8.77. The van der Waals surface area contributed by atoms with Crippen molar-refractivity contribution in [2.24, 2.45) is 10.3 Å². The number of hydrogen-bond acceptors (Lipinski definition) is 8. The number of hydrogen-bond donors (Lipinski definition) is 3. The van der Waals surface area contributed by atoms with Gasteiger partial charge < -0.3 is 15.5 Å². The molecule has 0 saturated heterocycles. The van der Waals surface area contributed by atoms with Crippen LogP contribution in [-0.4, -0.2) is 35.7 Å². The van der Waals surface area contributed by atoms with E-state index < -0.39 is 10.0 Å². The second kappa shape index (κ2) is 9.06. The van der Waals surface area contributed by atoms with Crippen LogP contribution in [0.1, 0.15) is 34.6 Å². The van der Waals surface area contributed by atoms with Crippen molar-refractivity contribution in [2.75, 3.05) is 10.6 Å². The summed E-state index contributed by atoms with van der Waals surface area (Å²) in [6, 6.07) is 5.85. The highest BCUT2D eigenvalue weighted by Crippen LogP contribution is 2.23. The highest BCUT2D eigenvalue weighted by molar-refractivity contribution is 9.10. The molecule has 0 saturated carbocycles. The first-order valence-corrected chi connectivity index (χ1v) is 11.1. The molecule has 29 heavy (non-hydrogen) atoms. The van der Waals surface area contributed by atoms with Crippen molar-refractivity contribution in [1.82, 2.24) is 9.97 Å². The summed E-state index contributed by atoms with van der Waals surface area (Å²) in [5.74, 6) is 0.910. The lowest BCUT2D eigenvalue weighted by molar-refractivity contribution is 0.000418. The van der Waals surface area contributed by atoms with Gasteiger partial charge in [-0.05, 0) is 74.8 Å². The van der Waals surface area contributed by atoms with E-state index >= 15 is 0 Å². The highest BCUT2D eigenvalue weighted by Gasteiger charge is 2.15. The molecule has 0 bridgehead atoms. The summed E-state index contributed by atoms with van der Waals surface area (Å²) < 4.78 is 23.4. The Hall–Kier alpha value is -2.24. The molecule has 1 aromatic heterocycles. The van der Waals surface area contributed by atoms with Crippen LogP contribution in [0.4, 0.5) is 17.5 Å². The van der Waals surface area contributed by atoms with Crippen LogP contribution in [0.2, 0.25) is 0 Å². The zero-order chi connectivity index (χ0) is 21.8. The van der Waals surface area contributed by atoms with E-state index in [4.69, 9.17) is 9.98 Å². The fourth-order valence-electron chi connectivity index (χ4n) is 1.98. The number of oxime groups is 1. The van der Waals surface area contributed by atoms with E-state index in [0.29, 0.717) is 21.9 Å². The van der Waals surface area contributed by atoms with Crippen LogP contribution in [0.5, 0.6) is 0 Å². The van der Waals surface area contributed by atoms with Crippen molar-refractivity contribution in [1.29, 1.82) is 0 Å². The van der Waals surface area contributed by atoms with E-state index in [1.807, 2.05) is 34.6 Å². The fourth-order valence-corrected chi connectivity index (χ4v) is 2.80. The third-order valence-electron chi connectivity index (χ3n) is 3.63. The summed E-state index contributed by atoms with van der Waals surface area (Å²) in [5.41, 5.74) is 1.01. The molecule has 1 aromatic carbocycles. The molecule has 0 aliphatic rings. The maximum absolute atomic E-state index is 11.3. The third kappa shape index (κ3) is 7.26. The minimum Gasteiger partial charge on any atom is -0.390 e. The lowest BCUT2D eigenvalue weighted by atomic mass is 10.2. The number of anilines is 3. The second-order valence-corrected chi connectivity index (χ2v) is 9.80. The third-order valence-corrected chi connectivity index (χ3v) is 5.14. The minimum absolute atomic E-state index is 0.0307. The average molecular weight is 485 g/mol. The van der Waals surface area contributed by atoms with E-state index in [1.54, 1.807) is 18.3 Å². The van der Waals surface area contributed by atoms with Gasteiger partial charge in [-0.15, -0.1) is 0 Å². The first-order chi connectivity index (χ1) is 13.3. The monoisotopic (exact) mass is 484 g/mol. The van der Waals surface area contributed by atoms with Gasteiger partial charge in [-0.1, -0.05) is 5.16 Å². The predicted molar refractivity (Wildman–Crippen MR) is 118 cm³/mol. The van der Waals surface area contributed by atoms with Gasteiger partial charge in [0.15, 0.2) is 0 Å². The molecule has 4 N–H and O–H groups in total. The Morgan fingerprint density at radius 2 is 1.90 bits per heavy atom. The molecule has 0 spiro atoms. The van der Waals surface area contributed by atoms with E-state index in [0.717, 1.165) is 5.71 Å². The topological polar surface area (TPSA) is 132 Å². The Labute approximate surface area is 179 Å². The Morgan fingerprint density at radius 3 is 2.45 bits per heavy atom. The maximum Gasteiger partial charge on any atom is 0.238 e. The summed E-state index contributed by atoms with van der Waals surface area (Å²) >= 11 is 3.43. The smallest absolute Gasteiger partial charge is 0.238 e. The molecule has 11 heteroatoms. The molecular weight excluding hydrogens is 460 g/mol. The van der Waals surface area contributed by atoms with Crippen molar-refractivity contribution in [3.63, 3.8) is 0 Å². The number of nitrogens with zero attached hydrogens (tertiary/aromatic N) is 3. The molecule has 0 fully saturated rings. The Bertz CT molecular complexity index is 988. The van der Waals surface area contributed by atoms with E-state index in [2.05, 4.69) is 41.7 Å². The van der Waals surface area contributed by atoms with E-state index in [9.17, 15) is 8.42 Å². The van der Waals surface area contributed by atoms with Gasteiger partial charge in [0.05, 0.1) is 21.1 Å². The number of sulfonamides is 1. The Kier molecular flexibility index (Phi) is 7.20. The summed E-state index contributed by atoms with van der Waals surface area (Å²) in [7, 11) is -3.74. The minimum atomic E-state index is -3.74. The number of aromatic nitrogens is 2. The summed E-state index contributed by atoms with van der Waals surface area (Å²) in [4.78, 5) is 14.2. The Balaban J connectivity index is 2.13. The van der Waals surface area contributed by atoms with Crippen LogP contribution in [0.3, 0.4) is 0 Å². The summed E-state index contributed by atoms with van der Waals surface area (Å²) in [6.45, 7) is 9.59. The van der Waals surface area contributed by atoms with Crippen molar-refractivity contribution < 1.29 is 13.3 Å². The van der Waals surface area contributed by atoms with Gasteiger partial charge in [0, 0.05) is 11.9 Å². The standard InChI is InChI=1S/C18H25BrN6O3S/c1-11(12(2)25-28-18(3,4)5)22-16-15(19)10-21-17(24-16)23-13-6-8-14(9-7-13)29(20,26)27/h6-11H,1-5H3,(H2,20,26,27)(H2,21,22,23,24). The molecule has 0 radical (unpaired) electrons. The lowest BCUT2D eigenvalue weighted by Gasteiger charge is -2.19. The molecule has 158 valence electrons. The van der Waals surface area contributed by atoms with E-state index in [-0.39, 0.29) is 16.5 Å². The van der Waals surface area contributed by atoms with Crippen LogP contribution in [0.25, 0.3) is 0 Å². The molecule has 0 aliphatic carbocycles. The molecule has 1 atom stereocenters. The lowest BCUT2D eigenvalue weighted by Crippen LogP contribution is -2.26. The van der Waals surface area contributed by atoms with Crippen LogP contribution in [0.15, 0.2) is 45.0 Å². The van der Waals surface area contributed by atoms with Crippen LogP contribution >= 0.6 is 15.9 Å². The molecule has 1 heterocycles. The van der Waals surface area contributed by atoms with Gasteiger partial charge in [0.1, 0.15) is 11.4 Å². The maximum atomic E-state index is 11.3. The first kappa shape index (κ1) is 23.0. The fraction of sp³-hybridized carbons (Fsp3) is 0.389. The summed E-state index contributed by atoms with van der Waals surface area (Å²) in [5, 5.41) is 15.5. The number of nitrogens with two attached hydrogens (primary N) is 1. The van der Waals surface area contributed by atoms with Gasteiger partial charge in [0.2, 0.25) is 16.0 Å². The number of primary sulfonamides is 1. The normalized spacial score (nSPS) is 13.7. The van der Waals surface area contributed by atoms with Crippen LogP contribution in [-0.2, 0) is 14.9 Å². The second-order valence-electron chi connectivity index (χ2n) is 7.39. The van der Waals surface area contributed by atoms with Crippen molar-refractivity contribution >= 4 is 49.1 Å². The van der Waals surface area contributed by atoms with Gasteiger partial charge in [0.25, 0.3) is 0 Å². The van der Waals surface area contributed by atoms with Gasteiger partial charge in [-0.3, -0.25) is 0 Å². The average Bonchev–Trinajstić information content (AvgIpc) is 2.61. The zero-order valence-corrected chi connectivity index (χ0v) is 19.3. The predicted octanol–water partition coefficient (Wildman–Crippen LogP) is 3.62. The number of halogens is 1. The van der Waals surface area contributed by atoms with E-state index in [1.165, 1.54) is 12.1 Å². The largest absolute Gasteiger partial charge is 0.390 e. The zero-order valence-electron chi connectivity index (χ0n) is 16.9. The molecule has 2 rings (SSSR count).